The van der Waals surface area contributed by atoms with E-state index in [1.165, 1.54) is 38.9 Å². The zero-order valence-electron chi connectivity index (χ0n) is 23.2. The number of hydrogen-bond donors (Lipinski definition) is 0. The van der Waals surface area contributed by atoms with Gasteiger partial charge in [0.2, 0.25) is 0 Å². The van der Waals surface area contributed by atoms with Gasteiger partial charge in [-0.3, -0.25) is 0 Å². The van der Waals surface area contributed by atoms with Crippen LogP contribution in [0.25, 0.3) is 67.0 Å². The number of aromatic nitrogens is 1. The van der Waals surface area contributed by atoms with Crippen molar-refractivity contribution in [3.8, 4) is 67.0 Å². The molecule has 0 amide bonds. The molecule has 0 spiro atoms. The Morgan fingerprint density at radius 1 is 0.214 bits per heavy atom. The van der Waals surface area contributed by atoms with Crippen LogP contribution >= 0.6 is 0 Å². The van der Waals surface area contributed by atoms with Crippen molar-refractivity contribution in [2.24, 2.45) is 0 Å². The molecule has 42 heavy (non-hydrogen) atoms. The van der Waals surface area contributed by atoms with Gasteiger partial charge in [0.15, 0.2) is 0 Å². The first-order chi connectivity index (χ1) is 20.8. The van der Waals surface area contributed by atoms with E-state index in [-0.39, 0.29) is 0 Å². The van der Waals surface area contributed by atoms with Crippen LogP contribution in [0, 0.1) is 0 Å². The van der Waals surface area contributed by atoms with Crippen molar-refractivity contribution in [2.75, 3.05) is 0 Å². The van der Waals surface area contributed by atoms with Crippen molar-refractivity contribution in [2.45, 2.75) is 0 Å². The Labute approximate surface area is 247 Å². The van der Waals surface area contributed by atoms with Crippen molar-refractivity contribution < 1.29 is 0 Å². The second kappa shape index (κ2) is 11.5. The van der Waals surface area contributed by atoms with Crippen LogP contribution in [0.15, 0.2) is 176 Å². The highest BCUT2D eigenvalue weighted by molar-refractivity contribution is 5.82. The Balaban J connectivity index is 1.31. The molecule has 1 heterocycles. The molecule has 0 radical (unpaired) electrons. The highest BCUT2D eigenvalue weighted by Gasteiger charge is 2.11. The Morgan fingerprint density at radius 2 is 0.476 bits per heavy atom. The standard InChI is InChI=1S/C41H29N/c1-5-13-30(14-6-1)36-25-37(31-15-7-2-8-16-31)27-38(26-36)33-21-23-35(24-22-33)41-29-39(32-17-9-3-10-18-32)28-40(42-41)34-19-11-4-12-20-34/h1-29H. The molecule has 0 saturated heterocycles. The summed E-state index contributed by atoms with van der Waals surface area (Å²) in [6, 6.07) is 62.2. The lowest BCUT2D eigenvalue weighted by Crippen LogP contribution is -1.91. The maximum Gasteiger partial charge on any atom is 0.0715 e. The van der Waals surface area contributed by atoms with Gasteiger partial charge in [-0.05, 0) is 74.8 Å². The summed E-state index contributed by atoms with van der Waals surface area (Å²) in [6.45, 7) is 0. The molecule has 0 aliphatic rings. The minimum atomic E-state index is 0.963. The summed E-state index contributed by atoms with van der Waals surface area (Å²) in [4.78, 5) is 5.11. The van der Waals surface area contributed by atoms with E-state index in [9.17, 15) is 0 Å². The first-order valence-electron chi connectivity index (χ1n) is 14.3. The van der Waals surface area contributed by atoms with E-state index in [0.717, 1.165) is 28.1 Å². The van der Waals surface area contributed by atoms with Crippen molar-refractivity contribution in [3.63, 3.8) is 0 Å². The fourth-order valence-corrected chi connectivity index (χ4v) is 5.45. The predicted molar refractivity (Wildman–Crippen MR) is 177 cm³/mol. The normalized spacial score (nSPS) is 10.9. The van der Waals surface area contributed by atoms with Crippen LogP contribution < -0.4 is 0 Å². The zero-order chi connectivity index (χ0) is 28.1. The van der Waals surface area contributed by atoms with Gasteiger partial charge in [-0.15, -0.1) is 0 Å². The summed E-state index contributed by atoms with van der Waals surface area (Å²) < 4.78 is 0. The molecule has 1 aromatic heterocycles. The highest BCUT2D eigenvalue weighted by Crippen LogP contribution is 2.35. The maximum absolute atomic E-state index is 5.11. The van der Waals surface area contributed by atoms with E-state index in [0.29, 0.717) is 0 Å². The Morgan fingerprint density at radius 3 is 0.857 bits per heavy atom. The van der Waals surface area contributed by atoms with E-state index in [2.05, 4.69) is 170 Å². The van der Waals surface area contributed by atoms with E-state index in [4.69, 9.17) is 4.98 Å². The predicted octanol–water partition coefficient (Wildman–Crippen LogP) is 11.1. The van der Waals surface area contributed by atoms with Gasteiger partial charge in [0.1, 0.15) is 0 Å². The third-order valence-corrected chi connectivity index (χ3v) is 7.66. The summed E-state index contributed by atoms with van der Waals surface area (Å²) in [5.74, 6) is 0. The molecule has 0 bridgehead atoms. The molecule has 0 saturated carbocycles. The first-order valence-corrected chi connectivity index (χ1v) is 14.3. The zero-order valence-corrected chi connectivity index (χ0v) is 23.2. The minimum Gasteiger partial charge on any atom is -0.248 e. The van der Waals surface area contributed by atoms with Gasteiger partial charge in [-0.2, -0.15) is 0 Å². The molecule has 0 atom stereocenters. The molecular weight excluding hydrogens is 506 g/mol. The molecule has 7 aromatic rings. The summed E-state index contributed by atoms with van der Waals surface area (Å²) >= 11 is 0. The molecule has 1 nitrogen and oxygen atoms in total. The van der Waals surface area contributed by atoms with Gasteiger partial charge in [-0.25, -0.2) is 4.98 Å². The van der Waals surface area contributed by atoms with Gasteiger partial charge in [0, 0.05) is 11.1 Å². The number of nitrogens with zero attached hydrogens (tertiary/aromatic N) is 1. The molecule has 1 heteroatoms. The SMILES string of the molecule is c1ccc(-c2cc(-c3ccccc3)cc(-c3ccc(-c4cc(-c5ccccc5)cc(-c5ccccc5)n4)cc3)c2)cc1. The Bertz CT molecular complexity index is 1670. The number of benzene rings is 6. The van der Waals surface area contributed by atoms with E-state index < -0.39 is 0 Å². The van der Waals surface area contributed by atoms with E-state index in [1.54, 1.807) is 0 Å². The lowest BCUT2D eigenvalue weighted by molar-refractivity contribution is 1.32. The molecule has 0 aliphatic heterocycles. The lowest BCUT2D eigenvalue weighted by atomic mass is 9.93. The van der Waals surface area contributed by atoms with E-state index in [1.807, 2.05) is 6.07 Å². The monoisotopic (exact) mass is 535 g/mol. The smallest absolute Gasteiger partial charge is 0.0715 e. The fourth-order valence-electron chi connectivity index (χ4n) is 5.45. The van der Waals surface area contributed by atoms with E-state index >= 15 is 0 Å². The third kappa shape index (κ3) is 5.41. The molecule has 0 fully saturated rings. The number of rotatable bonds is 6. The van der Waals surface area contributed by atoms with Crippen LogP contribution in [0.1, 0.15) is 0 Å². The van der Waals surface area contributed by atoms with Gasteiger partial charge in [0.25, 0.3) is 0 Å². The van der Waals surface area contributed by atoms with Crippen LogP contribution in [0.3, 0.4) is 0 Å². The largest absolute Gasteiger partial charge is 0.248 e. The highest BCUT2D eigenvalue weighted by atomic mass is 14.7. The lowest BCUT2D eigenvalue weighted by Gasteiger charge is -2.13. The quantitative estimate of drug-likeness (QED) is 0.206. The molecule has 7 rings (SSSR count). The number of hydrogen-bond acceptors (Lipinski definition) is 1. The van der Waals surface area contributed by atoms with Gasteiger partial charge < -0.3 is 0 Å². The van der Waals surface area contributed by atoms with Crippen LogP contribution in [0.5, 0.6) is 0 Å². The summed E-state index contributed by atoms with van der Waals surface area (Å²) in [6.07, 6.45) is 0. The molecule has 0 unspecified atom stereocenters. The Hall–Kier alpha value is -5.53. The van der Waals surface area contributed by atoms with Crippen LogP contribution in [0.4, 0.5) is 0 Å². The van der Waals surface area contributed by atoms with Crippen molar-refractivity contribution in [3.05, 3.63) is 176 Å². The first kappa shape index (κ1) is 25.4. The molecule has 0 N–H and O–H groups in total. The summed E-state index contributed by atoms with van der Waals surface area (Å²) in [5.41, 5.74) is 13.7. The minimum absolute atomic E-state index is 0.963. The average molecular weight is 536 g/mol. The molecule has 6 aromatic carbocycles. The Kier molecular flexibility index (Phi) is 6.98. The summed E-state index contributed by atoms with van der Waals surface area (Å²) in [5, 5.41) is 0. The second-order valence-corrected chi connectivity index (χ2v) is 10.5. The van der Waals surface area contributed by atoms with Crippen molar-refractivity contribution in [1.82, 2.24) is 4.98 Å². The van der Waals surface area contributed by atoms with Crippen molar-refractivity contribution in [1.29, 1.82) is 0 Å². The fraction of sp³-hybridized carbons (Fsp3) is 0. The van der Waals surface area contributed by atoms with Crippen LogP contribution in [-0.2, 0) is 0 Å². The molecular formula is C41H29N. The van der Waals surface area contributed by atoms with Gasteiger partial charge >= 0.3 is 0 Å². The molecule has 198 valence electrons. The van der Waals surface area contributed by atoms with Crippen LogP contribution in [-0.4, -0.2) is 4.98 Å². The van der Waals surface area contributed by atoms with Gasteiger partial charge in [0.05, 0.1) is 11.4 Å². The molecule has 0 aliphatic carbocycles. The summed E-state index contributed by atoms with van der Waals surface area (Å²) in [7, 11) is 0. The topological polar surface area (TPSA) is 12.9 Å². The van der Waals surface area contributed by atoms with Crippen LogP contribution in [0.2, 0.25) is 0 Å². The van der Waals surface area contributed by atoms with Gasteiger partial charge in [-0.1, -0.05) is 146 Å². The maximum atomic E-state index is 5.11. The third-order valence-electron chi connectivity index (χ3n) is 7.66. The average Bonchev–Trinajstić information content (AvgIpc) is 3.09. The van der Waals surface area contributed by atoms with Crippen molar-refractivity contribution >= 4 is 0 Å². The number of pyridine rings is 1. The second-order valence-electron chi connectivity index (χ2n) is 10.5.